The molecule has 0 atom stereocenters. The molecule has 1 aliphatic heterocycles. The number of benzene rings is 1. The van der Waals surface area contributed by atoms with Crippen molar-refractivity contribution >= 4 is 29.2 Å². The van der Waals surface area contributed by atoms with Crippen LogP contribution in [-0.4, -0.2) is 59.7 Å². The molecule has 3 aromatic rings. The minimum absolute atomic E-state index is 0.0228. The number of pyridine rings is 1. The van der Waals surface area contributed by atoms with Crippen molar-refractivity contribution in [2.24, 2.45) is 17.8 Å². The van der Waals surface area contributed by atoms with Gasteiger partial charge in [-0.2, -0.15) is 0 Å². The van der Waals surface area contributed by atoms with Gasteiger partial charge in [-0.3, -0.25) is 9.69 Å². The molecule has 9 heteroatoms. The molecule has 0 N–H and O–H groups in total. The number of likely N-dealkylation sites (tertiary alicyclic amines) is 1. The minimum atomic E-state index is -0.205. The second-order valence-corrected chi connectivity index (χ2v) is 16.5. The molecule has 48 heavy (non-hydrogen) atoms. The number of aryl methyl sites for hydroxylation is 1. The fourth-order valence-corrected chi connectivity index (χ4v) is 8.55. The maximum atomic E-state index is 14.4. The Morgan fingerprint density at radius 1 is 0.979 bits per heavy atom. The molecule has 3 aliphatic rings. The molecule has 3 fully saturated rings. The molecule has 2 aliphatic carbocycles. The largest absolute Gasteiger partial charge is 0.496 e. The summed E-state index contributed by atoms with van der Waals surface area (Å²) in [4.78, 5) is 41.3. The van der Waals surface area contributed by atoms with Gasteiger partial charge < -0.3 is 14.4 Å². The van der Waals surface area contributed by atoms with Gasteiger partial charge in [0.1, 0.15) is 17.7 Å². The molecule has 2 amide bonds. The standard InChI is InChI=1S/C39H52N4O4S/c1-25-22-42(23-25)38(45)47-32-14-11-29(12-15-32)36(44)43(35-20-31(17-18-40-35)34-21-41-37(48-34)39(3,4)5)24-27-7-9-28(10-8-27)30-13-16-33(46-6)26(2)19-30/h13,16-21,25,27-29,32H,7-12,14-15,22-24H2,1-6H3/t27-,28-,29-,32-. The Hall–Kier alpha value is -3.46. The van der Waals surface area contributed by atoms with Crippen molar-refractivity contribution in [2.45, 2.75) is 103 Å². The van der Waals surface area contributed by atoms with Crippen LogP contribution in [0.4, 0.5) is 10.6 Å². The lowest BCUT2D eigenvalue weighted by atomic mass is 9.78. The van der Waals surface area contributed by atoms with Crippen LogP contribution in [0.2, 0.25) is 0 Å². The number of ether oxygens (including phenoxy) is 2. The number of hydrogen-bond donors (Lipinski definition) is 0. The van der Waals surface area contributed by atoms with E-state index in [2.05, 4.69) is 58.9 Å². The van der Waals surface area contributed by atoms with E-state index in [4.69, 9.17) is 19.4 Å². The number of carbonyl (C=O) groups is 2. The van der Waals surface area contributed by atoms with Gasteiger partial charge in [0.15, 0.2) is 0 Å². The summed E-state index contributed by atoms with van der Waals surface area (Å²) in [6.07, 6.45) is 10.7. The molecule has 6 rings (SSSR count). The highest BCUT2D eigenvalue weighted by Crippen LogP contribution is 2.40. The summed E-state index contributed by atoms with van der Waals surface area (Å²) in [7, 11) is 1.72. The molecule has 3 heterocycles. The third kappa shape index (κ3) is 7.88. The van der Waals surface area contributed by atoms with E-state index in [9.17, 15) is 9.59 Å². The Balaban J connectivity index is 1.16. The number of anilines is 1. The van der Waals surface area contributed by atoms with Gasteiger partial charge in [0.05, 0.1) is 17.0 Å². The van der Waals surface area contributed by atoms with Crippen LogP contribution in [0.1, 0.15) is 101 Å². The normalized spacial score (nSPS) is 23.3. The molecular weight excluding hydrogens is 621 g/mol. The molecule has 0 radical (unpaired) electrons. The maximum Gasteiger partial charge on any atom is 0.410 e. The van der Waals surface area contributed by atoms with Crippen molar-refractivity contribution in [3.63, 3.8) is 0 Å². The van der Waals surface area contributed by atoms with Crippen LogP contribution in [0.3, 0.4) is 0 Å². The van der Waals surface area contributed by atoms with Crippen molar-refractivity contribution in [3.05, 3.63) is 58.9 Å². The first kappa shape index (κ1) is 34.4. The van der Waals surface area contributed by atoms with Gasteiger partial charge >= 0.3 is 6.09 Å². The summed E-state index contributed by atoms with van der Waals surface area (Å²) in [5, 5.41) is 1.09. The Bertz CT molecular complexity index is 1580. The molecule has 258 valence electrons. The number of aromatic nitrogens is 2. The second-order valence-electron chi connectivity index (χ2n) is 15.4. The smallest absolute Gasteiger partial charge is 0.410 e. The third-order valence-corrected chi connectivity index (χ3v) is 12.0. The fraction of sp³-hybridized carbons (Fsp3) is 0.590. The predicted molar refractivity (Wildman–Crippen MR) is 192 cm³/mol. The minimum Gasteiger partial charge on any atom is -0.496 e. The summed E-state index contributed by atoms with van der Waals surface area (Å²) in [6.45, 7) is 13.0. The zero-order chi connectivity index (χ0) is 34.0. The van der Waals surface area contributed by atoms with Crippen LogP contribution in [0.25, 0.3) is 10.4 Å². The van der Waals surface area contributed by atoms with Crippen molar-refractivity contribution in [3.8, 4) is 16.2 Å². The van der Waals surface area contributed by atoms with Gasteiger partial charge in [0, 0.05) is 43.4 Å². The average molecular weight is 673 g/mol. The molecular formula is C39H52N4O4S. The molecule has 0 bridgehead atoms. The van der Waals surface area contributed by atoms with E-state index in [1.807, 2.05) is 23.4 Å². The Morgan fingerprint density at radius 2 is 1.71 bits per heavy atom. The molecule has 0 spiro atoms. The topological polar surface area (TPSA) is 84.9 Å². The summed E-state index contributed by atoms with van der Waals surface area (Å²) in [5.74, 6) is 3.16. The molecule has 8 nitrogen and oxygen atoms in total. The summed E-state index contributed by atoms with van der Waals surface area (Å²) < 4.78 is 11.3. The Kier molecular flexibility index (Phi) is 10.4. The van der Waals surface area contributed by atoms with Crippen LogP contribution < -0.4 is 9.64 Å². The van der Waals surface area contributed by atoms with Crippen molar-refractivity contribution < 1.29 is 19.1 Å². The van der Waals surface area contributed by atoms with E-state index in [0.717, 1.165) is 91.5 Å². The molecule has 2 aromatic heterocycles. The quantitative estimate of drug-likeness (QED) is 0.238. The Morgan fingerprint density at radius 3 is 2.33 bits per heavy atom. The van der Waals surface area contributed by atoms with Gasteiger partial charge in [-0.1, -0.05) is 39.8 Å². The number of nitrogens with zero attached hydrogens (tertiary/aromatic N) is 4. The van der Waals surface area contributed by atoms with Crippen molar-refractivity contribution in [2.75, 3.05) is 31.6 Å². The summed E-state index contributed by atoms with van der Waals surface area (Å²) in [6, 6.07) is 10.7. The zero-order valence-corrected chi connectivity index (χ0v) is 30.4. The van der Waals surface area contributed by atoms with Crippen LogP contribution in [0, 0.1) is 24.7 Å². The molecule has 0 unspecified atom stereocenters. The highest BCUT2D eigenvalue weighted by molar-refractivity contribution is 7.15. The second kappa shape index (κ2) is 14.6. The zero-order valence-electron chi connectivity index (χ0n) is 29.5. The summed E-state index contributed by atoms with van der Waals surface area (Å²) in [5.41, 5.74) is 3.58. The van der Waals surface area contributed by atoms with Gasteiger partial charge in [-0.25, -0.2) is 14.8 Å². The van der Waals surface area contributed by atoms with Crippen LogP contribution >= 0.6 is 11.3 Å². The number of methoxy groups -OCH3 is 1. The number of amides is 2. The number of hydrogen-bond acceptors (Lipinski definition) is 7. The summed E-state index contributed by atoms with van der Waals surface area (Å²) >= 11 is 1.70. The first-order valence-corrected chi connectivity index (χ1v) is 18.6. The van der Waals surface area contributed by atoms with E-state index in [1.165, 1.54) is 11.1 Å². The van der Waals surface area contributed by atoms with Crippen molar-refractivity contribution in [1.82, 2.24) is 14.9 Å². The van der Waals surface area contributed by atoms with E-state index in [1.54, 1.807) is 23.3 Å². The van der Waals surface area contributed by atoms with Crippen LogP contribution in [-0.2, 0) is 14.9 Å². The van der Waals surface area contributed by atoms with Gasteiger partial charge in [-0.05, 0) is 111 Å². The lowest BCUT2D eigenvalue weighted by molar-refractivity contribution is -0.124. The molecule has 1 saturated heterocycles. The van der Waals surface area contributed by atoms with Gasteiger partial charge in [0.25, 0.3) is 0 Å². The maximum absolute atomic E-state index is 14.4. The predicted octanol–water partition coefficient (Wildman–Crippen LogP) is 8.77. The highest BCUT2D eigenvalue weighted by Gasteiger charge is 2.36. The van der Waals surface area contributed by atoms with Crippen LogP contribution in [0.15, 0.2) is 42.7 Å². The fourth-order valence-electron chi connectivity index (χ4n) is 7.58. The highest BCUT2D eigenvalue weighted by atomic mass is 32.1. The number of thiazole rings is 1. The Labute approximate surface area is 290 Å². The monoisotopic (exact) mass is 672 g/mol. The first-order chi connectivity index (χ1) is 23.0. The molecule has 2 saturated carbocycles. The van der Waals surface area contributed by atoms with E-state index in [-0.39, 0.29) is 29.4 Å². The van der Waals surface area contributed by atoms with E-state index < -0.39 is 0 Å². The average Bonchev–Trinajstić information content (AvgIpc) is 3.58. The van der Waals surface area contributed by atoms with E-state index >= 15 is 0 Å². The number of carbonyl (C=O) groups excluding carboxylic acids is 2. The number of rotatable bonds is 8. The van der Waals surface area contributed by atoms with E-state index in [0.29, 0.717) is 24.3 Å². The third-order valence-electron chi connectivity index (χ3n) is 10.5. The van der Waals surface area contributed by atoms with Gasteiger partial charge in [-0.15, -0.1) is 11.3 Å². The molecule has 1 aromatic carbocycles. The first-order valence-electron chi connectivity index (χ1n) is 17.8. The lowest BCUT2D eigenvalue weighted by Crippen LogP contribution is -2.50. The van der Waals surface area contributed by atoms with Gasteiger partial charge in [0.2, 0.25) is 5.91 Å². The SMILES string of the molecule is COc1ccc([C@H]2CC[C@H](CN(c3cc(-c4cnc(C(C)(C)C)s4)ccn3)C(=O)[C@H]3CC[C@H](OC(=O)N4CC(C)C4)CC3)CC2)cc1C. The van der Waals surface area contributed by atoms with Crippen molar-refractivity contribution in [1.29, 1.82) is 0 Å². The van der Waals surface area contributed by atoms with Crippen LogP contribution in [0.5, 0.6) is 5.75 Å². The lowest BCUT2D eigenvalue weighted by Gasteiger charge is -2.38.